The molecule has 4 rings (SSSR count). The lowest BCUT2D eigenvalue weighted by Crippen LogP contribution is -2.45. The number of carbonyl (C=O) groups excluding carboxylic acids is 1. The molecule has 1 fully saturated rings. The van der Waals surface area contributed by atoms with Crippen molar-refractivity contribution in [3.05, 3.63) is 65.5 Å². The number of amides is 1. The van der Waals surface area contributed by atoms with Gasteiger partial charge in [0.15, 0.2) is 0 Å². The summed E-state index contributed by atoms with van der Waals surface area (Å²) in [5, 5.41) is 4.01. The average molecular weight is 469 g/mol. The maximum absolute atomic E-state index is 13.1. The molecule has 1 aromatic heterocycles. The molecule has 9 heteroatoms. The third-order valence-electron chi connectivity index (χ3n) is 5.92. The summed E-state index contributed by atoms with van der Waals surface area (Å²) in [5.41, 5.74) is 2.97. The number of aryl methyl sites for hydroxylation is 2. The molecule has 1 unspecified atom stereocenters. The predicted octanol–water partition coefficient (Wildman–Crippen LogP) is 3.41. The van der Waals surface area contributed by atoms with Crippen LogP contribution >= 0.6 is 0 Å². The van der Waals surface area contributed by atoms with Gasteiger partial charge in [-0.25, -0.2) is 8.42 Å². The number of hydrogen-bond acceptors (Lipinski definition) is 6. The van der Waals surface area contributed by atoms with Gasteiger partial charge in [-0.1, -0.05) is 52.7 Å². The molecule has 1 aliphatic heterocycles. The van der Waals surface area contributed by atoms with Gasteiger partial charge >= 0.3 is 0 Å². The van der Waals surface area contributed by atoms with E-state index in [4.69, 9.17) is 4.52 Å². The van der Waals surface area contributed by atoms with Gasteiger partial charge in [0.2, 0.25) is 27.6 Å². The first-order valence-electron chi connectivity index (χ1n) is 11.0. The summed E-state index contributed by atoms with van der Waals surface area (Å²) in [7, 11) is -1.97. The Morgan fingerprint density at radius 1 is 1.09 bits per heavy atom. The normalized spacial score (nSPS) is 17.1. The quantitative estimate of drug-likeness (QED) is 0.550. The number of aromatic nitrogens is 2. The summed E-state index contributed by atoms with van der Waals surface area (Å²) in [6.45, 7) is 4.66. The van der Waals surface area contributed by atoms with Crippen molar-refractivity contribution < 1.29 is 17.7 Å². The molecule has 0 aliphatic carbocycles. The fourth-order valence-corrected chi connectivity index (χ4v) is 5.48. The molecule has 1 aliphatic rings. The maximum atomic E-state index is 13.1. The third kappa shape index (κ3) is 5.15. The van der Waals surface area contributed by atoms with Crippen molar-refractivity contribution >= 4 is 15.9 Å². The van der Waals surface area contributed by atoms with E-state index in [-0.39, 0.29) is 23.9 Å². The molecule has 0 saturated carbocycles. The zero-order valence-corrected chi connectivity index (χ0v) is 19.9. The Labute approximate surface area is 194 Å². The van der Waals surface area contributed by atoms with E-state index in [2.05, 4.69) is 10.1 Å². The molecule has 2 heterocycles. The number of sulfonamides is 1. The minimum Gasteiger partial charge on any atom is -0.337 e. The monoisotopic (exact) mass is 468 g/mol. The summed E-state index contributed by atoms with van der Waals surface area (Å²) in [4.78, 5) is 19.3. The first-order chi connectivity index (χ1) is 15.7. The molecule has 1 amide bonds. The minimum atomic E-state index is -3.64. The van der Waals surface area contributed by atoms with Gasteiger partial charge in [0.1, 0.15) is 0 Å². The van der Waals surface area contributed by atoms with Gasteiger partial charge in [-0.2, -0.15) is 9.29 Å². The summed E-state index contributed by atoms with van der Waals surface area (Å²) >= 11 is 0. The van der Waals surface area contributed by atoms with Crippen LogP contribution in [0.1, 0.15) is 29.9 Å². The molecule has 1 saturated heterocycles. The minimum absolute atomic E-state index is 0.131. The number of hydrogen-bond donors (Lipinski definition) is 0. The topological polar surface area (TPSA) is 96.6 Å². The van der Waals surface area contributed by atoms with Crippen molar-refractivity contribution in [2.75, 3.05) is 20.1 Å². The second-order valence-electron chi connectivity index (χ2n) is 8.59. The zero-order valence-electron chi connectivity index (χ0n) is 19.1. The Morgan fingerprint density at radius 3 is 2.39 bits per heavy atom. The summed E-state index contributed by atoms with van der Waals surface area (Å²) in [6, 6.07) is 14.6. The molecule has 174 valence electrons. The number of nitrogens with zero attached hydrogens (tertiary/aromatic N) is 4. The van der Waals surface area contributed by atoms with Gasteiger partial charge < -0.3 is 9.42 Å². The summed E-state index contributed by atoms with van der Waals surface area (Å²) in [6.07, 6.45) is 1.27. The molecule has 8 nitrogen and oxygen atoms in total. The van der Waals surface area contributed by atoms with E-state index in [0.29, 0.717) is 31.1 Å². The molecule has 2 aromatic carbocycles. The van der Waals surface area contributed by atoms with Crippen LogP contribution in [0.15, 0.2) is 57.9 Å². The van der Waals surface area contributed by atoms with E-state index in [1.165, 1.54) is 9.21 Å². The van der Waals surface area contributed by atoms with E-state index in [9.17, 15) is 13.2 Å². The second-order valence-corrected chi connectivity index (χ2v) is 10.5. The molecule has 0 bridgehead atoms. The van der Waals surface area contributed by atoms with Crippen LogP contribution in [0.5, 0.6) is 0 Å². The van der Waals surface area contributed by atoms with E-state index < -0.39 is 15.9 Å². The van der Waals surface area contributed by atoms with E-state index in [1.807, 2.05) is 38.1 Å². The smallest absolute Gasteiger partial charge is 0.246 e. The Morgan fingerprint density at radius 2 is 1.73 bits per heavy atom. The van der Waals surface area contributed by atoms with Gasteiger partial charge in [0.25, 0.3) is 0 Å². The fourth-order valence-electron chi connectivity index (χ4n) is 3.95. The van der Waals surface area contributed by atoms with Crippen molar-refractivity contribution in [2.45, 2.75) is 38.1 Å². The first kappa shape index (κ1) is 23.1. The fraction of sp³-hybridized carbons (Fsp3) is 0.375. The molecule has 0 spiro atoms. The van der Waals surface area contributed by atoms with Crippen LogP contribution in [0, 0.1) is 19.8 Å². The molecule has 1 atom stereocenters. The highest BCUT2D eigenvalue weighted by atomic mass is 32.2. The van der Waals surface area contributed by atoms with Gasteiger partial charge in [-0.15, -0.1) is 0 Å². The average Bonchev–Trinajstić information content (AvgIpc) is 3.27. The molecule has 33 heavy (non-hydrogen) atoms. The lowest BCUT2D eigenvalue weighted by molar-refractivity contribution is -0.136. The number of rotatable bonds is 6. The highest BCUT2D eigenvalue weighted by molar-refractivity contribution is 7.89. The van der Waals surface area contributed by atoms with Gasteiger partial charge in [0.05, 0.1) is 17.4 Å². The molecule has 3 aromatic rings. The van der Waals surface area contributed by atoms with Crippen LogP contribution < -0.4 is 0 Å². The highest BCUT2D eigenvalue weighted by Gasteiger charge is 2.34. The Balaban J connectivity index is 1.41. The van der Waals surface area contributed by atoms with Crippen LogP contribution in [-0.2, 0) is 21.4 Å². The Kier molecular flexibility index (Phi) is 6.62. The summed E-state index contributed by atoms with van der Waals surface area (Å²) < 4.78 is 32.9. The predicted molar refractivity (Wildman–Crippen MR) is 124 cm³/mol. The van der Waals surface area contributed by atoms with E-state index in [0.717, 1.165) is 16.7 Å². The van der Waals surface area contributed by atoms with Crippen LogP contribution in [0.25, 0.3) is 11.4 Å². The molecule has 0 N–H and O–H groups in total. The van der Waals surface area contributed by atoms with Gasteiger partial charge in [0, 0.05) is 25.7 Å². The van der Waals surface area contributed by atoms with Gasteiger partial charge in [-0.3, -0.25) is 4.79 Å². The molecular formula is C24H28N4O4S. The van der Waals surface area contributed by atoms with Gasteiger partial charge in [-0.05, 0) is 38.8 Å². The van der Waals surface area contributed by atoms with Crippen molar-refractivity contribution in [1.82, 2.24) is 19.3 Å². The van der Waals surface area contributed by atoms with Crippen LogP contribution in [0.3, 0.4) is 0 Å². The van der Waals surface area contributed by atoms with Crippen LogP contribution in [0.4, 0.5) is 0 Å². The number of benzene rings is 2. The number of carbonyl (C=O) groups is 1. The van der Waals surface area contributed by atoms with E-state index in [1.54, 1.807) is 31.3 Å². The Hall–Kier alpha value is -3.04. The molecule has 0 radical (unpaired) electrons. The zero-order chi connectivity index (χ0) is 23.6. The standard InChI is InChI=1S/C24H28N4O4S/c1-17-6-10-19(11-7-17)23-25-22(32-26-23)16-27(3)24(29)20-5-4-14-28(15-20)33(30,31)21-12-8-18(2)9-13-21/h6-13,20H,4-5,14-16H2,1-3H3. The molecular weight excluding hydrogens is 440 g/mol. The van der Waals surface area contributed by atoms with Crippen molar-refractivity contribution in [2.24, 2.45) is 5.92 Å². The third-order valence-corrected chi connectivity index (χ3v) is 7.80. The largest absolute Gasteiger partial charge is 0.337 e. The first-order valence-corrected chi connectivity index (χ1v) is 12.4. The maximum Gasteiger partial charge on any atom is 0.246 e. The highest BCUT2D eigenvalue weighted by Crippen LogP contribution is 2.25. The van der Waals surface area contributed by atoms with E-state index >= 15 is 0 Å². The second kappa shape index (κ2) is 9.44. The van der Waals surface area contributed by atoms with Crippen molar-refractivity contribution in [3.63, 3.8) is 0 Å². The lowest BCUT2D eigenvalue weighted by atomic mass is 9.98. The van der Waals surface area contributed by atoms with Crippen molar-refractivity contribution in [3.8, 4) is 11.4 Å². The van der Waals surface area contributed by atoms with Crippen LogP contribution in [-0.4, -0.2) is 53.8 Å². The Bertz CT molecular complexity index is 1220. The van der Waals surface area contributed by atoms with Crippen molar-refractivity contribution in [1.29, 1.82) is 0 Å². The number of piperidine rings is 1. The van der Waals surface area contributed by atoms with Crippen LogP contribution in [0.2, 0.25) is 0 Å². The summed E-state index contributed by atoms with van der Waals surface area (Å²) in [5.74, 6) is 0.262. The lowest BCUT2D eigenvalue weighted by Gasteiger charge is -2.33. The SMILES string of the molecule is Cc1ccc(-c2noc(CN(C)C(=O)C3CCCN(S(=O)(=O)c4ccc(C)cc4)C3)n2)cc1.